The van der Waals surface area contributed by atoms with Crippen molar-refractivity contribution in [1.29, 1.82) is 0 Å². The lowest BCUT2D eigenvalue weighted by molar-refractivity contribution is 0.104. The normalized spacial score (nSPS) is 16.1. The van der Waals surface area contributed by atoms with Crippen LogP contribution < -0.4 is 0 Å². The van der Waals surface area contributed by atoms with Gasteiger partial charge in [0.1, 0.15) is 0 Å². The van der Waals surface area contributed by atoms with E-state index in [1.807, 2.05) is 54.6 Å². The Balaban J connectivity index is 1.99. The van der Waals surface area contributed by atoms with E-state index in [9.17, 15) is 4.79 Å². The Morgan fingerprint density at radius 3 is 2.67 bits per heavy atom. The minimum absolute atomic E-state index is 0.130. The molecule has 0 radical (unpaired) electrons. The molecule has 88 valence electrons. The van der Waals surface area contributed by atoms with Crippen molar-refractivity contribution in [3.8, 4) is 0 Å². The summed E-state index contributed by atoms with van der Waals surface area (Å²) in [6.07, 6.45) is 2.63. The second kappa shape index (κ2) is 4.43. The molecule has 2 heteroatoms. The summed E-state index contributed by atoms with van der Waals surface area (Å²) in [6.45, 7) is 0. The number of hydrogen-bond donors (Lipinski definition) is 0. The van der Waals surface area contributed by atoms with Gasteiger partial charge in [-0.15, -0.1) is 0 Å². The van der Waals surface area contributed by atoms with Crippen molar-refractivity contribution < 1.29 is 4.79 Å². The first kappa shape index (κ1) is 11.2. The highest BCUT2D eigenvalue weighted by Gasteiger charge is 2.23. The van der Waals surface area contributed by atoms with Gasteiger partial charge in [0.25, 0.3) is 0 Å². The van der Waals surface area contributed by atoms with Gasteiger partial charge >= 0.3 is 0 Å². The van der Waals surface area contributed by atoms with Gasteiger partial charge in [0.05, 0.1) is 0 Å². The Bertz CT molecular complexity index is 656. The van der Waals surface area contributed by atoms with Crippen LogP contribution in [-0.4, -0.2) is 5.78 Å². The van der Waals surface area contributed by atoms with Crippen molar-refractivity contribution in [1.82, 2.24) is 0 Å². The summed E-state index contributed by atoms with van der Waals surface area (Å²) < 4.78 is 0. The molecule has 0 aromatic heterocycles. The van der Waals surface area contributed by atoms with Gasteiger partial charge in [-0.2, -0.15) is 0 Å². The highest BCUT2D eigenvalue weighted by molar-refractivity contribution is 6.30. The molecule has 1 nitrogen and oxygen atoms in total. The molecule has 0 spiro atoms. The third kappa shape index (κ3) is 1.98. The highest BCUT2D eigenvalue weighted by Crippen LogP contribution is 2.27. The van der Waals surface area contributed by atoms with Gasteiger partial charge in [-0.05, 0) is 29.3 Å². The number of rotatable bonds is 1. The third-order valence-corrected chi connectivity index (χ3v) is 3.36. The molecule has 0 amide bonds. The minimum atomic E-state index is 0.130. The predicted octanol–water partition coefficient (Wildman–Crippen LogP) is 4.16. The van der Waals surface area contributed by atoms with Crippen LogP contribution in [0.15, 0.2) is 54.1 Å². The number of carbonyl (C=O) groups is 1. The van der Waals surface area contributed by atoms with E-state index in [2.05, 4.69) is 0 Å². The number of Topliss-reactive ketones (excluding diaryl/α,β-unsaturated/α-hetero) is 1. The summed E-state index contributed by atoms with van der Waals surface area (Å²) in [7, 11) is 0. The maximum atomic E-state index is 12.2. The van der Waals surface area contributed by atoms with Crippen molar-refractivity contribution in [3.05, 3.63) is 75.8 Å². The summed E-state index contributed by atoms with van der Waals surface area (Å²) in [5, 5.41) is 0.687. The van der Waals surface area contributed by atoms with E-state index in [0.29, 0.717) is 11.4 Å². The van der Waals surface area contributed by atoms with Crippen molar-refractivity contribution >= 4 is 23.5 Å². The predicted molar refractivity (Wildman–Crippen MR) is 73.9 cm³/mol. The Kier molecular flexibility index (Phi) is 2.77. The molecule has 2 aromatic rings. The van der Waals surface area contributed by atoms with E-state index < -0.39 is 0 Å². The Morgan fingerprint density at radius 2 is 1.89 bits per heavy atom. The van der Waals surface area contributed by atoms with Crippen LogP contribution in [-0.2, 0) is 6.42 Å². The molecule has 1 aliphatic carbocycles. The van der Waals surface area contributed by atoms with Gasteiger partial charge in [-0.1, -0.05) is 48.0 Å². The molecule has 0 aliphatic heterocycles. The highest BCUT2D eigenvalue weighted by atomic mass is 35.5. The van der Waals surface area contributed by atoms with Crippen LogP contribution in [0.5, 0.6) is 0 Å². The molecule has 0 N–H and O–H groups in total. The van der Waals surface area contributed by atoms with E-state index in [4.69, 9.17) is 11.6 Å². The van der Waals surface area contributed by atoms with E-state index in [1.54, 1.807) is 0 Å². The SMILES string of the molecule is O=C1/C(=C/c2cccc(Cl)c2)Cc2ccccc21. The van der Waals surface area contributed by atoms with E-state index in [1.165, 1.54) is 0 Å². The first-order valence-corrected chi connectivity index (χ1v) is 6.20. The van der Waals surface area contributed by atoms with Crippen LogP contribution in [0.2, 0.25) is 5.02 Å². The zero-order valence-corrected chi connectivity index (χ0v) is 10.4. The van der Waals surface area contributed by atoms with Crippen LogP contribution in [0.25, 0.3) is 6.08 Å². The zero-order valence-electron chi connectivity index (χ0n) is 9.69. The molecule has 0 heterocycles. The maximum Gasteiger partial charge on any atom is 0.189 e. The lowest BCUT2D eigenvalue weighted by Gasteiger charge is -1.97. The van der Waals surface area contributed by atoms with E-state index >= 15 is 0 Å². The lowest BCUT2D eigenvalue weighted by Crippen LogP contribution is -1.94. The van der Waals surface area contributed by atoms with Crippen LogP contribution in [0.4, 0.5) is 0 Å². The summed E-state index contributed by atoms with van der Waals surface area (Å²) in [6, 6.07) is 15.3. The summed E-state index contributed by atoms with van der Waals surface area (Å²) in [5.41, 5.74) is 3.73. The molecule has 2 aromatic carbocycles. The fourth-order valence-corrected chi connectivity index (χ4v) is 2.47. The van der Waals surface area contributed by atoms with Crippen molar-refractivity contribution in [2.75, 3.05) is 0 Å². The first-order valence-electron chi connectivity index (χ1n) is 5.83. The molecular weight excluding hydrogens is 244 g/mol. The quantitative estimate of drug-likeness (QED) is 0.699. The largest absolute Gasteiger partial charge is 0.289 e. The molecule has 0 saturated heterocycles. The van der Waals surface area contributed by atoms with Gasteiger partial charge in [0.15, 0.2) is 5.78 Å². The average Bonchev–Trinajstić information content (AvgIpc) is 2.67. The molecule has 0 atom stereocenters. The number of ketones is 1. The second-order valence-electron chi connectivity index (χ2n) is 4.39. The van der Waals surface area contributed by atoms with Crippen molar-refractivity contribution in [2.45, 2.75) is 6.42 Å². The zero-order chi connectivity index (χ0) is 12.5. The molecule has 0 bridgehead atoms. The second-order valence-corrected chi connectivity index (χ2v) is 4.82. The van der Waals surface area contributed by atoms with Gasteiger partial charge in [-0.3, -0.25) is 4.79 Å². The topological polar surface area (TPSA) is 17.1 Å². The van der Waals surface area contributed by atoms with Crippen LogP contribution >= 0.6 is 11.6 Å². The van der Waals surface area contributed by atoms with Crippen LogP contribution in [0, 0.1) is 0 Å². The van der Waals surface area contributed by atoms with Gasteiger partial charge in [0, 0.05) is 22.6 Å². The number of hydrogen-bond acceptors (Lipinski definition) is 1. The number of carbonyl (C=O) groups excluding carboxylic acids is 1. The van der Waals surface area contributed by atoms with Crippen LogP contribution in [0.1, 0.15) is 21.5 Å². The van der Waals surface area contributed by atoms with Gasteiger partial charge in [-0.25, -0.2) is 0 Å². The van der Waals surface area contributed by atoms with E-state index in [0.717, 1.165) is 22.3 Å². The summed E-state index contributed by atoms with van der Waals surface area (Å²) in [5.74, 6) is 0.130. The standard InChI is InChI=1S/C16H11ClO/c17-14-6-3-4-11(9-14)8-13-10-12-5-1-2-7-15(12)16(13)18/h1-9H,10H2/b13-8+. The Morgan fingerprint density at radius 1 is 1.06 bits per heavy atom. The molecule has 1 aliphatic rings. The summed E-state index contributed by atoms with van der Waals surface area (Å²) in [4.78, 5) is 12.2. The Labute approximate surface area is 111 Å². The minimum Gasteiger partial charge on any atom is -0.289 e. The number of fused-ring (bicyclic) bond motifs is 1. The molecule has 18 heavy (non-hydrogen) atoms. The Hall–Kier alpha value is -1.86. The number of benzene rings is 2. The molecular formula is C16H11ClO. The molecule has 3 rings (SSSR count). The number of allylic oxidation sites excluding steroid dienone is 1. The average molecular weight is 255 g/mol. The fourth-order valence-electron chi connectivity index (χ4n) is 2.27. The monoisotopic (exact) mass is 254 g/mol. The molecule has 0 fully saturated rings. The van der Waals surface area contributed by atoms with Gasteiger partial charge in [0.2, 0.25) is 0 Å². The van der Waals surface area contributed by atoms with Gasteiger partial charge < -0.3 is 0 Å². The summed E-state index contributed by atoms with van der Waals surface area (Å²) >= 11 is 5.94. The first-order chi connectivity index (χ1) is 8.74. The fraction of sp³-hybridized carbons (Fsp3) is 0.0625. The lowest BCUT2D eigenvalue weighted by atomic mass is 10.1. The van der Waals surface area contributed by atoms with E-state index in [-0.39, 0.29) is 5.78 Å². The van der Waals surface area contributed by atoms with Crippen LogP contribution in [0.3, 0.4) is 0 Å². The molecule has 0 saturated carbocycles. The smallest absolute Gasteiger partial charge is 0.189 e. The maximum absolute atomic E-state index is 12.2. The third-order valence-electron chi connectivity index (χ3n) is 3.12. The molecule has 0 unspecified atom stereocenters. The van der Waals surface area contributed by atoms with Crippen molar-refractivity contribution in [2.24, 2.45) is 0 Å². The van der Waals surface area contributed by atoms with Crippen molar-refractivity contribution in [3.63, 3.8) is 0 Å². The number of halogens is 1.